The number of carbonyl (C=O) groups is 2. The number of benzene rings is 1. The summed E-state index contributed by atoms with van der Waals surface area (Å²) in [6.45, 7) is 7.59. The molecule has 26 heavy (non-hydrogen) atoms. The quantitative estimate of drug-likeness (QED) is 0.819. The minimum Gasteiger partial charge on any atom is -0.464 e. The van der Waals surface area contributed by atoms with Crippen molar-refractivity contribution >= 4 is 28.5 Å². The average molecular weight is 359 g/mol. The Labute approximate surface area is 152 Å². The summed E-state index contributed by atoms with van der Waals surface area (Å²) >= 11 is 0. The molecule has 3 rings (SSSR count). The van der Waals surface area contributed by atoms with Crippen molar-refractivity contribution in [2.45, 2.75) is 33.0 Å². The molecule has 1 aliphatic heterocycles. The predicted octanol–water partition coefficient (Wildman–Crippen LogP) is 2.31. The van der Waals surface area contributed by atoms with Crippen LogP contribution in [0.15, 0.2) is 18.2 Å². The highest BCUT2D eigenvalue weighted by molar-refractivity contribution is 6.12. The van der Waals surface area contributed by atoms with Crippen LogP contribution in [0.5, 0.6) is 0 Å². The highest BCUT2D eigenvalue weighted by Gasteiger charge is 2.26. The molecule has 1 fully saturated rings. The van der Waals surface area contributed by atoms with E-state index >= 15 is 0 Å². The molecule has 2 aromatic rings. The van der Waals surface area contributed by atoms with E-state index in [0.717, 1.165) is 16.5 Å². The number of hydrogen-bond donors (Lipinski definition) is 2. The van der Waals surface area contributed by atoms with Crippen molar-refractivity contribution in [2.24, 2.45) is 0 Å². The Kier molecular flexibility index (Phi) is 5.29. The first-order valence-corrected chi connectivity index (χ1v) is 8.76. The number of hydrogen-bond acceptors (Lipinski definition) is 5. The van der Waals surface area contributed by atoms with Crippen LogP contribution in [0.1, 0.15) is 29.9 Å². The third-order valence-electron chi connectivity index (χ3n) is 4.55. The van der Waals surface area contributed by atoms with Crippen molar-refractivity contribution < 1.29 is 19.1 Å². The molecular formula is C19H25N3O4. The van der Waals surface area contributed by atoms with E-state index < -0.39 is 5.97 Å². The smallest absolute Gasteiger partial charge is 0.356 e. The van der Waals surface area contributed by atoms with Crippen LogP contribution in [-0.4, -0.2) is 60.7 Å². The molecular weight excluding hydrogens is 334 g/mol. The number of rotatable bonds is 4. The number of amides is 1. The van der Waals surface area contributed by atoms with E-state index in [9.17, 15) is 9.59 Å². The Balaban J connectivity index is 1.85. The number of fused-ring (bicyclic) bond motifs is 1. The average Bonchev–Trinajstić information content (AvgIpc) is 2.92. The van der Waals surface area contributed by atoms with Gasteiger partial charge in [-0.25, -0.2) is 4.79 Å². The molecule has 7 nitrogen and oxygen atoms in total. The largest absolute Gasteiger partial charge is 0.464 e. The highest BCUT2D eigenvalue weighted by Crippen LogP contribution is 2.31. The van der Waals surface area contributed by atoms with Gasteiger partial charge in [0.15, 0.2) is 0 Å². The first-order valence-electron chi connectivity index (χ1n) is 8.76. The molecule has 2 N–H and O–H groups in total. The van der Waals surface area contributed by atoms with E-state index in [2.05, 4.69) is 15.2 Å². The molecule has 0 radical (unpaired) electrons. The van der Waals surface area contributed by atoms with E-state index in [0.29, 0.717) is 18.8 Å². The Hall–Kier alpha value is -2.38. The van der Waals surface area contributed by atoms with Crippen molar-refractivity contribution in [3.8, 4) is 0 Å². The first-order chi connectivity index (χ1) is 12.4. The summed E-state index contributed by atoms with van der Waals surface area (Å²) in [5.74, 6) is -0.676. The lowest BCUT2D eigenvalue weighted by molar-refractivity contribution is -0.121. The third kappa shape index (κ3) is 3.73. The number of aromatic nitrogens is 1. The molecule has 7 heteroatoms. The second-order valence-electron chi connectivity index (χ2n) is 6.86. The van der Waals surface area contributed by atoms with Gasteiger partial charge in [-0.2, -0.15) is 0 Å². The Morgan fingerprint density at radius 1 is 1.31 bits per heavy atom. The molecule has 2 heterocycles. The number of H-pyrrole nitrogens is 1. The van der Waals surface area contributed by atoms with Gasteiger partial charge in [-0.3, -0.25) is 9.69 Å². The minimum absolute atomic E-state index is 0.0903. The van der Waals surface area contributed by atoms with Crippen molar-refractivity contribution in [2.75, 3.05) is 32.1 Å². The van der Waals surface area contributed by atoms with Gasteiger partial charge in [-0.1, -0.05) is 12.1 Å². The Morgan fingerprint density at radius 3 is 2.65 bits per heavy atom. The lowest BCUT2D eigenvalue weighted by Gasteiger charge is -2.34. The van der Waals surface area contributed by atoms with E-state index in [1.807, 2.05) is 39.0 Å². The maximum Gasteiger partial charge on any atom is 0.356 e. The van der Waals surface area contributed by atoms with Crippen LogP contribution in [0.4, 0.5) is 5.69 Å². The summed E-state index contributed by atoms with van der Waals surface area (Å²) in [7, 11) is 1.32. The van der Waals surface area contributed by atoms with E-state index in [1.165, 1.54) is 7.11 Å². The zero-order valence-corrected chi connectivity index (χ0v) is 15.6. The van der Waals surface area contributed by atoms with Gasteiger partial charge in [0.25, 0.3) is 0 Å². The molecule has 0 spiro atoms. The van der Waals surface area contributed by atoms with Gasteiger partial charge < -0.3 is 19.8 Å². The molecule has 1 aromatic heterocycles. The summed E-state index contributed by atoms with van der Waals surface area (Å²) in [4.78, 5) is 29.9. The SMILES string of the molecule is COC(=O)c1[nH]c2cccc(C)c2c1NC(=O)CN1C[C@@H](C)O[C@H](C)C1. The lowest BCUT2D eigenvalue weighted by atomic mass is 10.1. The number of morpholine rings is 1. The fourth-order valence-electron chi connectivity index (χ4n) is 3.60. The molecule has 0 bridgehead atoms. The predicted molar refractivity (Wildman–Crippen MR) is 99.5 cm³/mol. The second-order valence-corrected chi connectivity index (χ2v) is 6.86. The summed E-state index contributed by atoms with van der Waals surface area (Å²) in [5.41, 5.74) is 2.49. The topological polar surface area (TPSA) is 83.7 Å². The van der Waals surface area contributed by atoms with Crippen LogP contribution in [0.3, 0.4) is 0 Å². The molecule has 1 amide bonds. The molecule has 0 aliphatic carbocycles. The Bertz CT molecular complexity index is 820. The maximum atomic E-state index is 12.7. The molecule has 1 aliphatic rings. The summed E-state index contributed by atoms with van der Waals surface area (Å²) in [5, 5.41) is 3.74. The number of nitrogens with one attached hydrogen (secondary N) is 2. The number of methoxy groups -OCH3 is 1. The van der Waals surface area contributed by atoms with Crippen LogP contribution in [0, 0.1) is 6.92 Å². The van der Waals surface area contributed by atoms with Crippen LogP contribution < -0.4 is 5.32 Å². The zero-order valence-electron chi connectivity index (χ0n) is 15.6. The van der Waals surface area contributed by atoms with Crippen molar-refractivity contribution in [3.05, 3.63) is 29.5 Å². The summed E-state index contributed by atoms with van der Waals surface area (Å²) in [6, 6.07) is 5.71. The highest BCUT2D eigenvalue weighted by atomic mass is 16.5. The van der Waals surface area contributed by atoms with Gasteiger partial charge in [-0.05, 0) is 32.4 Å². The summed E-state index contributed by atoms with van der Waals surface area (Å²) in [6.07, 6.45) is 0.181. The number of aryl methyl sites for hydroxylation is 1. The number of ether oxygens (including phenoxy) is 2. The molecule has 2 atom stereocenters. The fourth-order valence-corrected chi connectivity index (χ4v) is 3.60. The zero-order chi connectivity index (χ0) is 18.8. The first kappa shape index (κ1) is 18.4. The normalized spacial score (nSPS) is 20.9. The van der Waals surface area contributed by atoms with Gasteiger partial charge in [0.05, 0.1) is 31.5 Å². The molecule has 140 valence electrons. The molecule has 0 saturated carbocycles. The van der Waals surface area contributed by atoms with Gasteiger partial charge >= 0.3 is 5.97 Å². The van der Waals surface area contributed by atoms with Crippen molar-refractivity contribution in [1.82, 2.24) is 9.88 Å². The second kappa shape index (κ2) is 7.47. The van der Waals surface area contributed by atoms with Crippen molar-refractivity contribution in [1.29, 1.82) is 0 Å². The van der Waals surface area contributed by atoms with Gasteiger partial charge in [0.2, 0.25) is 5.91 Å². The minimum atomic E-state index is -0.510. The molecule has 1 saturated heterocycles. The number of aromatic amines is 1. The van der Waals surface area contributed by atoms with Crippen LogP contribution in [0.2, 0.25) is 0 Å². The third-order valence-corrected chi connectivity index (χ3v) is 4.55. The number of nitrogens with zero attached hydrogens (tertiary/aromatic N) is 1. The monoisotopic (exact) mass is 359 g/mol. The fraction of sp³-hybridized carbons (Fsp3) is 0.474. The molecule has 0 unspecified atom stereocenters. The van der Waals surface area contributed by atoms with E-state index in [1.54, 1.807) is 0 Å². The van der Waals surface area contributed by atoms with Gasteiger partial charge in [0.1, 0.15) is 5.69 Å². The lowest BCUT2D eigenvalue weighted by Crippen LogP contribution is -2.48. The molecule has 1 aromatic carbocycles. The van der Waals surface area contributed by atoms with Gasteiger partial charge in [0, 0.05) is 24.0 Å². The number of anilines is 1. The standard InChI is InChI=1S/C19H25N3O4/c1-11-6-5-7-14-16(11)17(18(20-14)19(24)25-4)21-15(23)10-22-8-12(2)26-13(3)9-22/h5-7,12-13,20H,8-10H2,1-4H3,(H,21,23)/t12-,13-/m1/s1. The van der Waals surface area contributed by atoms with Gasteiger partial charge in [-0.15, -0.1) is 0 Å². The Morgan fingerprint density at radius 2 is 2.00 bits per heavy atom. The van der Waals surface area contributed by atoms with E-state index in [4.69, 9.17) is 9.47 Å². The van der Waals surface area contributed by atoms with Crippen molar-refractivity contribution in [3.63, 3.8) is 0 Å². The summed E-state index contributed by atoms with van der Waals surface area (Å²) < 4.78 is 10.6. The van der Waals surface area contributed by atoms with Crippen LogP contribution >= 0.6 is 0 Å². The maximum absolute atomic E-state index is 12.7. The number of carbonyl (C=O) groups excluding carboxylic acids is 2. The van der Waals surface area contributed by atoms with E-state index in [-0.39, 0.29) is 30.4 Å². The van der Waals surface area contributed by atoms with Crippen LogP contribution in [0.25, 0.3) is 10.9 Å². The van der Waals surface area contributed by atoms with Crippen LogP contribution in [-0.2, 0) is 14.3 Å². The number of esters is 1.